The number of hydrogen-bond donors (Lipinski definition) is 0. The third kappa shape index (κ3) is 3.21. The summed E-state index contributed by atoms with van der Waals surface area (Å²) < 4.78 is 11.9. The molecule has 0 aromatic carbocycles. The average Bonchev–Trinajstić information content (AvgIpc) is 1.83. The van der Waals surface area contributed by atoms with Gasteiger partial charge in [0.15, 0.2) is 0 Å². The van der Waals surface area contributed by atoms with Crippen molar-refractivity contribution in [2.75, 3.05) is 0 Å². The van der Waals surface area contributed by atoms with Crippen molar-refractivity contribution >= 4 is 0 Å². The van der Waals surface area contributed by atoms with Gasteiger partial charge in [0.1, 0.15) is 0 Å². The Morgan fingerprint density at radius 2 is 2.12 bits per heavy atom. The van der Waals surface area contributed by atoms with Gasteiger partial charge < -0.3 is 0 Å². The number of hydrogen-bond acceptors (Lipinski definition) is 2. The number of halogens is 1. The monoisotopic (exact) mass is 114 g/mol. The summed E-state index contributed by atoms with van der Waals surface area (Å²) in [5.74, 6) is 0. The summed E-state index contributed by atoms with van der Waals surface area (Å²) in [5, 5.41) is 6.27. The Labute approximate surface area is 47.4 Å². The third-order valence-electron chi connectivity index (χ3n) is 0.453. The van der Waals surface area contributed by atoms with Crippen molar-refractivity contribution in [2.24, 2.45) is 10.2 Å². The van der Waals surface area contributed by atoms with E-state index < -0.39 is 6.30 Å². The Morgan fingerprint density at radius 3 is 2.50 bits per heavy atom. The van der Waals surface area contributed by atoms with Crippen LogP contribution < -0.4 is 0 Å². The normalized spacial score (nSPS) is 13.6. The summed E-state index contributed by atoms with van der Waals surface area (Å²) in [6.07, 6.45) is 0.816. The fourth-order valence-electron chi connectivity index (χ4n) is 0.158. The topological polar surface area (TPSA) is 24.7 Å². The molecule has 0 aliphatic rings. The van der Waals surface area contributed by atoms with Crippen LogP contribution in [0.5, 0.6) is 0 Å². The van der Waals surface area contributed by atoms with Crippen LogP contribution in [0.25, 0.3) is 0 Å². The quantitative estimate of drug-likeness (QED) is 0.305. The zero-order valence-electron chi connectivity index (χ0n) is 4.42. The van der Waals surface area contributed by atoms with E-state index in [0.29, 0.717) is 0 Å². The molecule has 8 heavy (non-hydrogen) atoms. The van der Waals surface area contributed by atoms with Crippen LogP contribution in [0.4, 0.5) is 4.39 Å². The van der Waals surface area contributed by atoms with Gasteiger partial charge in [0.05, 0.1) is 0 Å². The Balaban J connectivity index is 3.50. The predicted octanol–water partition coefficient (Wildman–Crippen LogP) is 2.06. The molecule has 0 heterocycles. The largest absolute Gasteiger partial charge is 0.228 e. The first kappa shape index (κ1) is 7.01. The molecule has 3 heteroatoms. The van der Waals surface area contributed by atoms with E-state index in [1.54, 1.807) is 0 Å². The zero-order chi connectivity index (χ0) is 6.41. The molecular formula is C5H7FN2. The van der Waals surface area contributed by atoms with E-state index in [1.165, 1.54) is 0 Å². The van der Waals surface area contributed by atoms with Crippen LogP contribution in [0.3, 0.4) is 0 Å². The van der Waals surface area contributed by atoms with E-state index in [4.69, 9.17) is 0 Å². The van der Waals surface area contributed by atoms with Crippen LogP contribution in [-0.2, 0) is 0 Å². The van der Waals surface area contributed by atoms with Crippen LogP contribution in [0.2, 0.25) is 0 Å². The second-order valence-electron chi connectivity index (χ2n) is 1.02. The highest BCUT2D eigenvalue weighted by Crippen LogP contribution is 1.93. The Morgan fingerprint density at radius 1 is 1.50 bits per heavy atom. The smallest absolute Gasteiger partial charge is 0.215 e. The molecule has 0 saturated heterocycles. The Hall–Kier alpha value is -0.990. The van der Waals surface area contributed by atoms with Crippen molar-refractivity contribution in [2.45, 2.75) is 6.30 Å². The maximum absolute atomic E-state index is 11.9. The van der Waals surface area contributed by atoms with Crippen molar-refractivity contribution in [3.05, 3.63) is 25.4 Å². The summed E-state index contributed by atoms with van der Waals surface area (Å²) in [5.41, 5.74) is 0. The van der Waals surface area contributed by atoms with E-state index in [1.807, 2.05) is 0 Å². The van der Waals surface area contributed by atoms with E-state index >= 15 is 0 Å². The highest BCUT2D eigenvalue weighted by Gasteiger charge is 1.89. The molecule has 0 radical (unpaired) electrons. The number of rotatable bonds is 3. The fourth-order valence-corrected chi connectivity index (χ4v) is 0.158. The molecule has 0 saturated carbocycles. The molecule has 1 unspecified atom stereocenters. The summed E-state index contributed by atoms with van der Waals surface area (Å²) in [4.78, 5) is 0. The molecule has 0 aromatic heterocycles. The van der Waals surface area contributed by atoms with Crippen LogP contribution in [0.15, 0.2) is 35.7 Å². The van der Waals surface area contributed by atoms with Gasteiger partial charge in [0.2, 0.25) is 6.30 Å². The highest BCUT2D eigenvalue weighted by molar-refractivity contribution is 4.75. The molecule has 0 aliphatic carbocycles. The lowest BCUT2D eigenvalue weighted by Crippen LogP contribution is -1.83. The van der Waals surface area contributed by atoms with Gasteiger partial charge in [0.25, 0.3) is 0 Å². The molecule has 1 atom stereocenters. The van der Waals surface area contributed by atoms with Gasteiger partial charge in [-0.3, -0.25) is 0 Å². The summed E-state index contributed by atoms with van der Waals surface area (Å²) in [6, 6.07) is 0. The Kier molecular flexibility index (Phi) is 3.66. The molecule has 0 aliphatic heterocycles. The second kappa shape index (κ2) is 4.18. The number of alkyl halides is 1. The van der Waals surface area contributed by atoms with Gasteiger partial charge in [0, 0.05) is 6.20 Å². The van der Waals surface area contributed by atoms with Crippen molar-refractivity contribution in [1.29, 1.82) is 0 Å². The van der Waals surface area contributed by atoms with Crippen LogP contribution >= 0.6 is 0 Å². The van der Waals surface area contributed by atoms with E-state index in [2.05, 4.69) is 23.4 Å². The van der Waals surface area contributed by atoms with Crippen molar-refractivity contribution < 1.29 is 4.39 Å². The van der Waals surface area contributed by atoms with Crippen molar-refractivity contribution in [3.8, 4) is 0 Å². The third-order valence-corrected chi connectivity index (χ3v) is 0.453. The molecule has 0 aromatic rings. The first-order valence-electron chi connectivity index (χ1n) is 2.08. The van der Waals surface area contributed by atoms with E-state index in [0.717, 1.165) is 12.3 Å². The van der Waals surface area contributed by atoms with Crippen LogP contribution in [0.1, 0.15) is 0 Å². The predicted molar refractivity (Wildman–Crippen MR) is 30.1 cm³/mol. The van der Waals surface area contributed by atoms with Crippen LogP contribution in [-0.4, -0.2) is 6.30 Å². The van der Waals surface area contributed by atoms with Crippen molar-refractivity contribution in [1.82, 2.24) is 0 Å². The van der Waals surface area contributed by atoms with Crippen molar-refractivity contribution in [3.63, 3.8) is 0 Å². The summed E-state index contributed by atoms with van der Waals surface area (Å²) in [6.45, 7) is 6.36. The maximum Gasteiger partial charge on any atom is 0.228 e. The fraction of sp³-hybridized carbons (Fsp3) is 0.200. The zero-order valence-corrected chi connectivity index (χ0v) is 4.42. The lowest BCUT2D eigenvalue weighted by molar-refractivity contribution is 0.401. The minimum atomic E-state index is -1.40. The molecule has 0 fully saturated rings. The molecule has 0 rings (SSSR count). The average molecular weight is 114 g/mol. The Bertz CT molecular complexity index is 109. The van der Waals surface area contributed by atoms with Gasteiger partial charge in [-0.25, -0.2) is 4.39 Å². The minimum absolute atomic E-state index is 1.05. The molecule has 2 nitrogen and oxygen atoms in total. The second-order valence-corrected chi connectivity index (χ2v) is 1.02. The standard InChI is InChI=1S/C5H7FN2/c1-3-5(6)8-7-4-2/h3-5H,1-2H2/b8-7-. The van der Waals surface area contributed by atoms with Gasteiger partial charge in [-0.1, -0.05) is 13.2 Å². The van der Waals surface area contributed by atoms with Gasteiger partial charge >= 0.3 is 0 Å². The first-order chi connectivity index (χ1) is 3.81. The molecule has 0 spiro atoms. The van der Waals surface area contributed by atoms with Gasteiger partial charge in [-0.05, 0) is 6.08 Å². The van der Waals surface area contributed by atoms with Gasteiger partial charge in [-0.2, -0.15) is 5.11 Å². The van der Waals surface area contributed by atoms with E-state index in [9.17, 15) is 4.39 Å². The highest BCUT2D eigenvalue weighted by atomic mass is 19.1. The molecular weight excluding hydrogens is 107 g/mol. The van der Waals surface area contributed by atoms with E-state index in [-0.39, 0.29) is 0 Å². The molecule has 0 bridgehead atoms. The summed E-state index contributed by atoms with van der Waals surface area (Å²) in [7, 11) is 0. The number of azo groups is 1. The molecule has 44 valence electrons. The lowest BCUT2D eigenvalue weighted by atomic mass is 10.6. The van der Waals surface area contributed by atoms with Crippen LogP contribution in [0, 0.1) is 0 Å². The maximum atomic E-state index is 11.9. The summed E-state index contributed by atoms with van der Waals surface area (Å²) >= 11 is 0. The molecule has 0 N–H and O–H groups in total. The lowest BCUT2D eigenvalue weighted by Gasteiger charge is -1.85. The first-order valence-corrected chi connectivity index (χ1v) is 2.08. The minimum Gasteiger partial charge on any atom is -0.215 e. The van der Waals surface area contributed by atoms with Gasteiger partial charge in [-0.15, -0.1) is 5.11 Å². The number of nitrogens with zero attached hydrogens (tertiary/aromatic N) is 2. The molecule has 0 amide bonds. The SMILES string of the molecule is C=C/N=N\C(F)C=C.